The van der Waals surface area contributed by atoms with Gasteiger partial charge < -0.3 is 15.2 Å². The second-order valence-corrected chi connectivity index (χ2v) is 4.70. The van der Waals surface area contributed by atoms with Crippen molar-refractivity contribution >= 4 is 11.6 Å². The van der Waals surface area contributed by atoms with E-state index in [4.69, 9.17) is 26.8 Å². The van der Waals surface area contributed by atoms with Gasteiger partial charge in [-0.25, -0.2) is 0 Å². The highest BCUT2D eigenvalue weighted by Crippen LogP contribution is 2.29. The number of ether oxygens (including phenoxy) is 2. The second kappa shape index (κ2) is 6.38. The van der Waals surface area contributed by atoms with E-state index in [1.807, 2.05) is 18.2 Å². The minimum absolute atomic E-state index is 0.192. The minimum atomic E-state index is 0.192. The Morgan fingerprint density at radius 3 is 2.72 bits per heavy atom. The van der Waals surface area contributed by atoms with Crippen molar-refractivity contribution < 1.29 is 9.47 Å². The van der Waals surface area contributed by atoms with Crippen molar-refractivity contribution in [2.24, 2.45) is 5.73 Å². The molecule has 0 saturated carbocycles. The van der Waals surface area contributed by atoms with Crippen LogP contribution in [0.1, 0.15) is 11.6 Å². The first-order valence-corrected chi connectivity index (χ1v) is 6.49. The molecule has 0 radical (unpaired) electrons. The SMILES string of the molecule is COc1ccc(C(CN)N2CCOCC2)cc1Cl. The van der Waals surface area contributed by atoms with Gasteiger partial charge in [-0.3, -0.25) is 4.90 Å². The maximum atomic E-state index is 6.16. The molecular formula is C13H19ClN2O2. The van der Waals surface area contributed by atoms with Crippen LogP contribution in [0.4, 0.5) is 0 Å². The summed E-state index contributed by atoms with van der Waals surface area (Å²) in [6.45, 7) is 3.92. The first-order chi connectivity index (χ1) is 8.76. The van der Waals surface area contributed by atoms with Crippen molar-refractivity contribution in [3.05, 3.63) is 28.8 Å². The molecule has 0 bridgehead atoms. The molecule has 1 aromatic carbocycles. The van der Waals surface area contributed by atoms with Crippen LogP contribution in [-0.2, 0) is 4.74 Å². The molecule has 2 N–H and O–H groups in total. The second-order valence-electron chi connectivity index (χ2n) is 4.29. The van der Waals surface area contributed by atoms with E-state index in [-0.39, 0.29) is 6.04 Å². The van der Waals surface area contributed by atoms with Crippen LogP contribution in [0.3, 0.4) is 0 Å². The van der Waals surface area contributed by atoms with Crippen LogP contribution in [0.2, 0.25) is 5.02 Å². The molecule has 1 aromatic rings. The van der Waals surface area contributed by atoms with Gasteiger partial charge in [-0.2, -0.15) is 0 Å². The number of benzene rings is 1. The Balaban J connectivity index is 2.18. The van der Waals surface area contributed by atoms with Gasteiger partial charge >= 0.3 is 0 Å². The molecule has 1 fully saturated rings. The molecule has 1 aliphatic rings. The molecule has 5 heteroatoms. The Morgan fingerprint density at radius 1 is 1.44 bits per heavy atom. The van der Waals surface area contributed by atoms with Gasteiger partial charge in [0.05, 0.1) is 25.3 Å². The first kappa shape index (κ1) is 13.6. The zero-order chi connectivity index (χ0) is 13.0. The van der Waals surface area contributed by atoms with Gasteiger partial charge in [-0.15, -0.1) is 0 Å². The van der Waals surface area contributed by atoms with E-state index in [2.05, 4.69) is 4.90 Å². The Bertz CT molecular complexity index is 395. The number of nitrogens with two attached hydrogens (primary N) is 1. The fraction of sp³-hybridized carbons (Fsp3) is 0.538. The van der Waals surface area contributed by atoms with Gasteiger partial charge in [0.15, 0.2) is 0 Å². The number of morpholine rings is 1. The first-order valence-electron chi connectivity index (χ1n) is 6.11. The van der Waals surface area contributed by atoms with Gasteiger partial charge in [0, 0.05) is 25.7 Å². The lowest BCUT2D eigenvalue weighted by Gasteiger charge is -2.34. The number of hydrogen-bond acceptors (Lipinski definition) is 4. The lowest BCUT2D eigenvalue weighted by atomic mass is 10.0. The number of hydrogen-bond donors (Lipinski definition) is 1. The number of halogens is 1. The Morgan fingerprint density at radius 2 is 2.17 bits per heavy atom. The summed E-state index contributed by atoms with van der Waals surface area (Å²) < 4.78 is 10.5. The zero-order valence-corrected chi connectivity index (χ0v) is 11.3. The maximum absolute atomic E-state index is 6.16. The van der Waals surface area contributed by atoms with Crippen molar-refractivity contribution in [2.75, 3.05) is 40.0 Å². The van der Waals surface area contributed by atoms with Crippen molar-refractivity contribution in [3.63, 3.8) is 0 Å². The lowest BCUT2D eigenvalue weighted by molar-refractivity contribution is 0.0179. The number of nitrogens with zero attached hydrogens (tertiary/aromatic N) is 1. The standard InChI is InChI=1S/C13H19ClN2O2/c1-17-13-3-2-10(8-11(13)14)12(9-15)16-4-6-18-7-5-16/h2-3,8,12H,4-7,9,15H2,1H3. The molecule has 100 valence electrons. The Kier molecular flexibility index (Phi) is 4.83. The van der Waals surface area contributed by atoms with E-state index in [9.17, 15) is 0 Å². The van der Waals surface area contributed by atoms with E-state index in [0.717, 1.165) is 31.9 Å². The Labute approximate surface area is 113 Å². The summed E-state index contributed by atoms with van der Waals surface area (Å²) in [5.41, 5.74) is 7.03. The van der Waals surface area contributed by atoms with Gasteiger partial charge in [0.2, 0.25) is 0 Å². The molecule has 0 amide bonds. The molecule has 4 nitrogen and oxygen atoms in total. The van der Waals surface area contributed by atoms with Crippen LogP contribution in [0.15, 0.2) is 18.2 Å². The van der Waals surface area contributed by atoms with E-state index in [1.54, 1.807) is 7.11 Å². The summed E-state index contributed by atoms with van der Waals surface area (Å²) in [5.74, 6) is 0.693. The molecule has 1 saturated heterocycles. The fourth-order valence-electron chi connectivity index (χ4n) is 2.28. The molecule has 1 heterocycles. The van der Waals surface area contributed by atoms with Crippen LogP contribution < -0.4 is 10.5 Å². The topological polar surface area (TPSA) is 47.7 Å². The molecule has 0 spiro atoms. The average Bonchev–Trinajstić information content (AvgIpc) is 2.41. The number of rotatable bonds is 4. The van der Waals surface area contributed by atoms with E-state index in [1.165, 1.54) is 0 Å². The summed E-state index contributed by atoms with van der Waals surface area (Å²) >= 11 is 6.16. The summed E-state index contributed by atoms with van der Waals surface area (Å²) in [6, 6.07) is 6.04. The van der Waals surface area contributed by atoms with E-state index >= 15 is 0 Å². The molecule has 1 atom stereocenters. The van der Waals surface area contributed by atoms with Gasteiger partial charge in [0.1, 0.15) is 5.75 Å². The molecule has 1 unspecified atom stereocenters. The van der Waals surface area contributed by atoms with Crippen LogP contribution in [0, 0.1) is 0 Å². The van der Waals surface area contributed by atoms with Gasteiger partial charge in [0.25, 0.3) is 0 Å². The minimum Gasteiger partial charge on any atom is -0.495 e. The number of methoxy groups -OCH3 is 1. The smallest absolute Gasteiger partial charge is 0.137 e. The predicted molar refractivity (Wildman–Crippen MR) is 72.2 cm³/mol. The third kappa shape index (κ3) is 2.95. The summed E-state index contributed by atoms with van der Waals surface area (Å²) in [6.07, 6.45) is 0. The van der Waals surface area contributed by atoms with Gasteiger partial charge in [-0.05, 0) is 17.7 Å². The average molecular weight is 271 g/mol. The maximum Gasteiger partial charge on any atom is 0.137 e. The summed E-state index contributed by atoms with van der Waals surface area (Å²) in [5, 5.41) is 0.627. The summed E-state index contributed by atoms with van der Waals surface area (Å²) in [7, 11) is 1.61. The molecule has 0 aliphatic carbocycles. The lowest BCUT2D eigenvalue weighted by Crippen LogP contribution is -2.41. The largest absolute Gasteiger partial charge is 0.495 e. The summed E-state index contributed by atoms with van der Waals surface area (Å²) in [4.78, 5) is 2.33. The van der Waals surface area contributed by atoms with Crippen molar-refractivity contribution in [1.82, 2.24) is 4.90 Å². The van der Waals surface area contributed by atoms with E-state index < -0.39 is 0 Å². The molecule has 0 aromatic heterocycles. The monoisotopic (exact) mass is 270 g/mol. The molecule has 2 rings (SSSR count). The zero-order valence-electron chi connectivity index (χ0n) is 10.6. The third-order valence-corrected chi connectivity index (χ3v) is 3.57. The highest BCUT2D eigenvalue weighted by atomic mass is 35.5. The third-order valence-electron chi connectivity index (χ3n) is 3.27. The van der Waals surface area contributed by atoms with Crippen LogP contribution in [-0.4, -0.2) is 44.9 Å². The highest BCUT2D eigenvalue weighted by Gasteiger charge is 2.21. The van der Waals surface area contributed by atoms with E-state index in [0.29, 0.717) is 17.3 Å². The normalized spacial score (nSPS) is 18.6. The van der Waals surface area contributed by atoms with Crippen molar-refractivity contribution in [2.45, 2.75) is 6.04 Å². The molecule has 1 aliphatic heterocycles. The fourth-order valence-corrected chi connectivity index (χ4v) is 2.54. The van der Waals surface area contributed by atoms with Crippen molar-refractivity contribution in [1.29, 1.82) is 0 Å². The van der Waals surface area contributed by atoms with Crippen LogP contribution in [0.25, 0.3) is 0 Å². The van der Waals surface area contributed by atoms with Crippen molar-refractivity contribution in [3.8, 4) is 5.75 Å². The van der Waals surface area contributed by atoms with Gasteiger partial charge in [-0.1, -0.05) is 17.7 Å². The Hall–Kier alpha value is -0.810. The molecule has 18 heavy (non-hydrogen) atoms. The quantitative estimate of drug-likeness (QED) is 0.904. The van der Waals surface area contributed by atoms with Crippen LogP contribution in [0.5, 0.6) is 5.75 Å². The van der Waals surface area contributed by atoms with Crippen LogP contribution >= 0.6 is 11.6 Å². The highest BCUT2D eigenvalue weighted by molar-refractivity contribution is 6.32. The molecular weight excluding hydrogens is 252 g/mol. The predicted octanol–water partition coefficient (Wildman–Crippen LogP) is 1.68.